The van der Waals surface area contributed by atoms with Gasteiger partial charge in [0.25, 0.3) is 0 Å². The summed E-state index contributed by atoms with van der Waals surface area (Å²) in [4.78, 5) is 11.5. The van der Waals surface area contributed by atoms with Gasteiger partial charge in [0.15, 0.2) is 0 Å². The van der Waals surface area contributed by atoms with E-state index < -0.39 is 0 Å². The van der Waals surface area contributed by atoms with Gasteiger partial charge < -0.3 is 5.32 Å². The second kappa shape index (κ2) is 6.70. The molecule has 0 aliphatic rings. The van der Waals surface area contributed by atoms with Crippen LogP contribution in [0.2, 0.25) is 0 Å². The molecule has 1 N–H and O–H groups in total. The molecule has 1 aromatic heterocycles. The Hall–Kier alpha value is -2.36. The maximum absolute atomic E-state index is 11.5. The molecule has 0 bridgehead atoms. The lowest BCUT2D eigenvalue weighted by molar-refractivity contribution is -0.116. The van der Waals surface area contributed by atoms with E-state index in [4.69, 9.17) is 0 Å². The summed E-state index contributed by atoms with van der Waals surface area (Å²) in [6.07, 6.45) is 6.10. The van der Waals surface area contributed by atoms with E-state index in [0.717, 1.165) is 17.7 Å². The number of allylic oxidation sites excluding steroid dienone is 1. The standard InChI is InChI=1S/C16H19N3O/c1-13(2)12-16(20)17-10-8-14-4-6-15(7-5-14)19-11-3-9-18-19/h3-7,9,11-12H,8,10H2,1-2H3,(H,17,20). The molecule has 20 heavy (non-hydrogen) atoms. The molecule has 0 unspecified atom stereocenters. The van der Waals surface area contributed by atoms with E-state index >= 15 is 0 Å². The van der Waals surface area contributed by atoms with E-state index in [2.05, 4.69) is 22.5 Å². The summed E-state index contributed by atoms with van der Waals surface area (Å²) < 4.78 is 1.82. The lowest BCUT2D eigenvalue weighted by Gasteiger charge is -2.05. The van der Waals surface area contributed by atoms with E-state index in [1.54, 1.807) is 12.3 Å². The summed E-state index contributed by atoms with van der Waals surface area (Å²) in [6, 6.07) is 10.1. The van der Waals surface area contributed by atoms with Crippen molar-refractivity contribution in [1.82, 2.24) is 15.1 Å². The van der Waals surface area contributed by atoms with Crippen LogP contribution in [0.4, 0.5) is 0 Å². The average molecular weight is 269 g/mol. The second-order valence-electron chi connectivity index (χ2n) is 4.88. The van der Waals surface area contributed by atoms with Gasteiger partial charge in [-0.1, -0.05) is 17.7 Å². The number of carbonyl (C=O) groups excluding carboxylic acids is 1. The molecule has 4 heteroatoms. The molecule has 0 spiro atoms. The van der Waals surface area contributed by atoms with Crippen molar-refractivity contribution in [2.24, 2.45) is 0 Å². The number of amides is 1. The maximum atomic E-state index is 11.5. The van der Waals surface area contributed by atoms with E-state index in [1.165, 1.54) is 5.56 Å². The SMILES string of the molecule is CC(C)=CC(=O)NCCc1ccc(-n2cccn2)cc1. The molecule has 0 atom stereocenters. The molecule has 104 valence electrons. The number of carbonyl (C=O) groups is 1. The maximum Gasteiger partial charge on any atom is 0.243 e. The lowest BCUT2D eigenvalue weighted by Crippen LogP contribution is -2.23. The summed E-state index contributed by atoms with van der Waals surface area (Å²) in [5.41, 5.74) is 3.23. The lowest BCUT2D eigenvalue weighted by atomic mass is 10.1. The van der Waals surface area contributed by atoms with Gasteiger partial charge in [-0.15, -0.1) is 0 Å². The fourth-order valence-corrected chi connectivity index (χ4v) is 1.88. The van der Waals surface area contributed by atoms with Crippen molar-refractivity contribution in [1.29, 1.82) is 0 Å². The van der Waals surface area contributed by atoms with Crippen molar-refractivity contribution >= 4 is 5.91 Å². The van der Waals surface area contributed by atoms with Crippen LogP contribution in [0, 0.1) is 0 Å². The van der Waals surface area contributed by atoms with Gasteiger partial charge in [0, 0.05) is 25.0 Å². The normalized spacial score (nSPS) is 10.1. The highest BCUT2D eigenvalue weighted by atomic mass is 16.1. The molecule has 1 aromatic carbocycles. The van der Waals surface area contributed by atoms with E-state index in [1.807, 2.05) is 42.9 Å². The number of rotatable bonds is 5. The van der Waals surface area contributed by atoms with Crippen LogP contribution in [0.1, 0.15) is 19.4 Å². The predicted octanol–water partition coefficient (Wildman–Crippen LogP) is 2.50. The minimum Gasteiger partial charge on any atom is -0.352 e. The number of benzene rings is 1. The molecule has 0 radical (unpaired) electrons. The highest BCUT2D eigenvalue weighted by Crippen LogP contribution is 2.08. The van der Waals surface area contributed by atoms with Crippen molar-refractivity contribution in [2.45, 2.75) is 20.3 Å². The third-order valence-corrected chi connectivity index (χ3v) is 2.84. The first-order valence-corrected chi connectivity index (χ1v) is 6.67. The number of hydrogen-bond acceptors (Lipinski definition) is 2. The van der Waals surface area contributed by atoms with Crippen LogP contribution >= 0.6 is 0 Å². The summed E-state index contributed by atoms with van der Waals surface area (Å²) in [5.74, 6) is -0.0295. The molecule has 0 saturated carbocycles. The summed E-state index contributed by atoms with van der Waals surface area (Å²) in [7, 11) is 0. The van der Waals surface area contributed by atoms with Crippen LogP contribution in [-0.2, 0) is 11.2 Å². The number of nitrogens with zero attached hydrogens (tertiary/aromatic N) is 2. The molecule has 0 aliphatic carbocycles. The minimum atomic E-state index is -0.0295. The Morgan fingerprint density at radius 1 is 1.30 bits per heavy atom. The zero-order chi connectivity index (χ0) is 14.4. The zero-order valence-electron chi connectivity index (χ0n) is 11.8. The Bertz CT molecular complexity index is 579. The number of nitrogens with one attached hydrogen (secondary N) is 1. The Kier molecular flexibility index (Phi) is 4.71. The number of aromatic nitrogens is 2. The molecule has 0 aliphatic heterocycles. The van der Waals surface area contributed by atoms with Gasteiger partial charge in [-0.2, -0.15) is 5.10 Å². The van der Waals surface area contributed by atoms with Gasteiger partial charge >= 0.3 is 0 Å². The van der Waals surface area contributed by atoms with Gasteiger partial charge in [-0.3, -0.25) is 4.79 Å². The first-order chi connectivity index (χ1) is 9.65. The highest BCUT2D eigenvalue weighted by Gasteiger charge is 1.99. The first kappa shape index (κ1) is 14.1. The molecule has 0 saturated heterocycles. The van der Waals surface area contributed by atoms with Gasteiger partial charge in [-0.05, 0) is 44.0 Å². The van der Waals surface area contributed by atoms with Crippen molar-refractivity contribution in [3.8, 4) is 5.69 Å². The van der Waals surface area contributed by atoms with Crippen LogP contribution in [-0.4, -0.2) is 22.2 Å². The molecular formula is C16H19N3O. The molecule has 2 aromatic rings. The summed E-state index contributed by atoms with van der Waals surface area (Å²) in [6.45, 7) is 4.46. The quantitative estimate of drug-likeness (QED) is 0.848. The molecule has 4 nitrogen and oxygen atoms in total. The van der Waals surface area contributed by atoms with E-state index in [9.17, 15) is 4.79 Å². The van der Waals surface area contributed by atoms with Gasteiger partial charge in [0.05, 0.1) is 5.69 Å². The molecule has 1 amide bonds. The first-order valence-electron chi connectivity index (χ1n) is 6.67. The van der Waals surface area contributed by atoms with Gasteiger partial charge in [0.1, 0.15) is 0 Å². The average Bonchev–Trinajstić information content (AvgIpc) is 2.92. The highest BCUT2D eigenvalue weighted by molar-refractivity contribution is 5.87. The smallest absolute Gasteiger partial charge is 0.243 e. The van der Waals surface area contributed by atoms with E-state index in [0.29, 0.717) is 6.54 Å². The van der Waals surface area contributed by atoms with Gasteiger partial charge in [-0.25, -0.2) is 4.68 Å². The van der Waals surface area contributed by atoms with Gasteiger partial charge in [0.2, 0.25) is 5.91 Å². The molecule has 1 heterocycles. The van der Waals surface area contributed by atoms with Crippen molar-refractivity contribution < 1.29 is 4.79 Å². The van der Waals surface area contributed by atoms with Crippen molar-refractivity contribution in [2.75, 3.05) is 6.54 Å². The predicted molar refractivity (Wildman–Crippen MR) is 79.7 cm³/mol. The van der Waals surface area contributed by atoms with Crippen LogP contribution in [0.25, 0.3) is 5.69 Å². The fourth-order valence-electron chi connectivity index (χ4n) is 1.88. The Morgan fingerprint density at radius 2 is 2.05 bits per heavy atom. The summed E-state index contributed by atoms with van der Waals surface area (Å²) >= 11 is 0. The van der Waals surface area contributed by atoms with E-state index in [-0.39, 0.29) is 5.91 Å². The largest absolute Gasteiger partial charge is 0.352 e. The Labute approximate surface area is 119 Å². The van der Waals surface area contributed by atoms with Crippen LogP contribution < -0.4 is 5.32 Å². The zero-order valence-corrected chi connectivity index (χ0v) is 11.8. The second-order valence-corrected chi connectivity index (χ2v) is 4.88. The van der Waals surface area contributed by atoms with Crippen LogP contribution in [0.5, 0.6) is 0 Å². The summed E-state index contributed by atoms with van der Waals surface area (Å²) in [5, 5.41) is 7.05. The Balaban J connectivity index is 1.85. The monoisotopic (exact) mass is 269 g/mol. The minimum absolute atomic E-state index is 0.0295. The third kappa shape index (κ3) is 4.09. The van der Waals surface area contributed by atoms with Crippen molar-refractivity contribution in [3.63, 3.8) is 0 Å². The van der Waals surface area contributed by atoms with Crippen LogP contribution in [0.15, 0.2) is 54.4 Å². The molecule has 0 fully saturated rings. The third-order valence-electron chi connectivity index (χ3n) is 2.84. The van der Waals surface area contributed by atoms with Crippen molar-refractivity contribution in [3.05, 3.63) is 59.9 Å². The Morgan fingerprint density at radius 3 is 2.65 bits per heavy atom. The molecule has 2 rings (SSSR count). The molecular weight excluding hydrogens is 250 g/mol. The van der Waals surface area contributed by atoms with Crippen LogP contribution in [0.3, 0.4) is 0 Å². The topological polar surface area (TPSA) is 46.9 Å². The number of hydrogen-bond donors (Lipinski definition) is 1. The fraction of sp³-hybridized carbons (Fsp3) is 0.250.